The van der Waals surface area contributed by atoms with Gasteiger partial charge in [-0.3, -0.25) is 4.79 Å². The molecule has 114 valence electrons. The number of hydrogen-bond donors (Lipinski definition) is 0. The lowest BCUT2D eigenvalue weighted by atomic mass is 10.0. The lowest BCUT2D eigenvalue weighted by Gasteiger charge is -2.37. The van der Waals surface area contributed by atoms with E-state index < -0.39 is 0 Å². The van der Waals surface area contributed by atoms with Gasteiger partial charge in [-0.1, -0.05) is 11.8 Å². The predicted octanol–water partition coefficient (Wildman–Crippen LogP) is 2.04. The standard InChI is InChI=1S/C15H22N4OS/c1-18(14(20)11-3-4-11)12-6-9-19(10-7-12)13-5-8-16-15(17-13)21-2/h5,8,11-12H,3-4,6-7,9-10H2,1-2H3. The molecule has 2 fully saturated rings. The molecule has 0 atom stereocenters. The third-order valence-electron chi connectivity index (χ3n) is 4.41. The lowest BCUT2D eigenvalue weighted by molar-refractivity contribution is -0.133. The number of amides is 1. The second-order valence-electron chi connectivity index (χ2n) is 5.84. The Bertz CT molecular complexity index is 512. The Morgan fingerprint density at radius 3 is 2.67 bits per heavy atom. The third kappa shape index (κ3) is 3.31. The lowest BCUT2D eigenvalue weighted by Crippen LogP contribution is -2.46. The van der Waals surface area contributed by atoms with E-state index in [1.54, 1.807) is 11.8 Å². The summed E-state index contributed by atoms with van der Waals surface area (Å²) in [4.78, 5) is 25.2. The maximum atomic E-state index is 12.1. The molecule has 0 bridgehead atoms. The van der Waals surface area contributed by atoms with Crippen molar-refractivity contribution in [3.8, 4) is 0 Å². The summed E-state index contributed by atoms with van der Waals surface area (Å²) in [6.45, 7) is 1.91. The number of aromatic nitrogens is 2. The topological polar surface area (TPSA) is 49.3 Å². The van der Waals surface area contributed by atoms with Crippen molar-refractivity contribution in [2.45, 2.75) is 36.9 Å². The highest BCUT2D eigenvalue weighted by Gasteiger charge is 2.35. The number of thioether (sulfide) groups is 1. The van der Waals surface area contributed by atoms with Gasteiger partial charge in [0.25, 0.3) is 0 Å². The highest BCUT2D eigenvalue weighted by molar-refractivity contribution is 7.98. The van der Waals surface area contributed by atoms with Gasteiger partial charge in [-0.05, 0) is 38.0 Å². The third-order valence-corrected chi connectivity index (χ3v) is 4.97. The van der Waals surface area contributed by atoms with Gasteiger partial charge < -0.3 is 9.80 Å². The van der Waals surface area contributed by atoms with Crippen LogP contribution in [0, 0.1) is 5.92 Å². The molecule has 0 unspecified atom stereocenters. The Morgan fingerprint density at radius 2 is 2.05 bits per heavy atom. The van der Waals surface area contributed by atoms with Crippen LogP contribution in [-0.2, 0) is 4.79 Å². The van der Waals surface area contributed by atoms with Crippen molar-refractivity contribution in [1.82, 2.24) is 14.9 Å². The van der Waals surface area contributed by atoms with Gasteiger partial charge in [0.1, 0.15) is 5.82 Å². The van der Waals surface area contributed by atoms with Crippen LogP contribution in [0.2, 0.25) is 0 Å². The Labute approximate surface area is 130 Å². The molecule has 21 heavy (non-hydrogen) atoms. The van der Waals surface area contributed by atoms with Gasteiger partial charge in [0, 0.05) is 38.3 Å². The normalized spacial score (nSPS) is 19.6. The zero-order valence-corrected chi connectivity index (χ0v) is 13.5. The number of hydrogen-bond acceptors (Lipinski definition) is 5. The van der Waals surface area contributed by atoms with Gasteiger partial charge in [0.15, 0.2) is 5.16 Å². The van der Waals surface area contributed by atoms with E-state index in [-0.39, 0.29) is 0 Å². The van der Waals surface area contributed by atoms with Crippen molar-refractivity contribution in [3.63, 3.8) is 0 Å². The minimum absolute atomic E-state index is 0.319. The second kappa shape index (κ2) is 6.22. The number of piperidine rings is 1. The van der Waals surface area contributed by atoms with Gasteiger partial charge in [-0.2, -0.15) is 0 Å². The molecule has 0 radical (unpaired) electrons. The fourth-order valence-electron chi connectivity index (χ4n) is 2.89. The van der Waals surface area contributed by atoms with E-state index in [1.165, 1.54) is 0 Å². The van der Waals surface area contributed by atoms with Crippen LogP contribution in [-0.4, -0.2) is 53.2 Å². The van der Waals surface area contributed by atoms with Gasteiger partial charge in [-0.15, -0.1) is 0 Å². The SMILES string of the molecule is CSc1nccc(N2CCC(N(C)C(=O)C3CC3)CC2)n1. The molecule has 6 heteroatoms. The summed E-state index contributed by atoms with van der Waals surface area (Å²) in [6.07, 6.45) is 8.02. The van der Waals surface area contributed by atoms with Crippen LogP contribution in [0.5, 0.6) is 0 Å². The first kappa shape index (κ1) is 14.6. The molecular weight excluding hydrogens is 284 g/mol. The summed E-state index contributed by atoms with van der Waals surface area (Å²) >= 11 is 1.56. The number of nitrogens with zero attached hydrogens (tertiary/aromatic N) is 4. The van der Waals surface area contributed by atoms with Crippen molar-refractivity contribution >= 4 is 23.5 Å². The van der Waals surface area contributed by atoms with Crippen molar-refractivity contribution in [1.29, 1.82) is 0 Å². The molecule has 2 aliphatic rings. The number of carbonyl (C=O) groups is 1. The average Bonchev–Trinajstić information content (AvgIpc) is 3.38. The first-order chi connectivity index (χ1) is 10.2. The van der Waals surface area contributed by atoms with Gasteiger partial charge in [-0.25, -0.2) is 9.97 Å². The highest BCUT2D eigenvalue weighted by Crippen LogP contribution is 2.32. The Kier molecular flexibility index (Phi) is 4.33. The zero-order chi connectivity index (χ0) is 14.8. The summed E-state index contributed by atoms with van der Waals surface area (Å²) in [7, 11) is 1.97. The molecule has 2 heterocycles. The Morgan fingerprint density at radius 1 is 1.33 bits per heavy atom. The summed E-state index contributed by atoms with van der Waals surface area (Å²) in [6, 6.07) is 2.36. The minimum Gasteiger partial charge on any atom is -0.356 e. The Hall–Kier alpha value is -1.30. The fourth-order valence-corrected chi connectivity index (χ4v) is 3.24. The molecule has 1 aliphatic carbocycles. The fraction of sp³-hybridized carbons (Fsp3) is 0.667. The molecule has 1 aromatic heterocycles. The van der Waals surface area contributed by atoms with Crippen LogP contribution in [0.1, 0.15) is 25.7 Å². The first-order valence-corrected chi connectivity index (χ1v) is 8.80. The monoisotopic (exact) mass is 306 g/mol. The maximum Gasteiger partial charge on any atom is 0.225 e. The molecule has 0 N–H and O–H groups in total. The number of rotatable bonds is 4. The molecule has 1 aliphatic heterocycles. The molecule has 3 rings (SSSR count). The molecule has 1 aromatic rings. The van der Waals surface area contributed by atoms with E-state index in [9.17, 15) is 4.79 Å². The van der Waals surface area contributed by atoms with Crippen LogP contribution in [0.4, 0.5) is 5.82 Å². The van der Waals surface area contributed by atoms with E-state index in [0.29, 0.717) is 17.9 Å². The van der Waals surface area contributed by atoms with E-state index in [1.807, 2.05) is 30.5 Å². The van der Waals surface area contributed by atoms with Crippen LogP contribution in [0.15, 0.2) is 17.4 Å². The summed E-state index contributed by atoms with van der Waals surface area (Å²) in [5, 5.41) is 0.815. The van der Waals surface area contributed by atoms with Crippen LogP contribution in [0.3, 0.4) is 0 Å². The van der Waals surface area contributed by atoms with Crippen LogP contribution in [0.25, 0.3) is 0 Å². The number of carbonyl (C=O) groups excluding carboxylic acids is 1. The van der Waals surface area contributed by atoms with Gasteiger partial charge in [0.2, 0.25) is 5.91 Å². The first-order valence-electron chi connectivity index (χ1n) is 7.57. The Balaban J connectivity index is 1.58. The van der Waals surface area contributed by atoms with E-state index >= 15 is 0 Å². The maximum absolute atomic E-state index is 12.1. The quantitative estimate of drug-likeness (QED) is 0.629. The number of anilines is 1. The highest BCUT2D eigenvalue weighted by atomic mass is 32.2. The van der Waals surface area contributed by atoms with Crippen molar-refractivity contribution in [2.75, 3.05) is 31.3 Å². The molecule has 0 spiro atoms. The molecule has 0 aromatic carbocycles. The van der Waals surface area contributed by atoms with Gasteiger partial charge in [0.05, 0.1) is 0 Å². The van der Waals surface area contributed by atoms with Crippen LogP contribution < -0.4 is 4.90 Å². The second-order valence-corrected chi connectivity index (χ2v) is 6.62. The smallest absolute Gasteiger partial charge is 0.225 e. The average molecular weight is 306 g/mol. The van der Waals surface area contributed by atoms with Gasteiger partial charge >= 0.3 is 0 Å². The van der Waals surface area contributed by atoms with Crippen molar-refractivity contribution in [3.05, 3.63) is 12.3 Å². The van der Waals surface area contributed by atoms with E-state index in [0.717, 1.165) is 49.7 Å². The summed E-state index contributed by atoms with van der Waals surface area (Å²) in [5.74, 6) is 1.67. The zero-order valence-electron chi connectivity index (χ0n) is 12.7. The molecule has 1 saturated carbocycles. The van der Waals surface area contributed by atoms with Crippen LogP contribution >= 0.6 is 11.8 Å². The van der Waals surface area contributed by atoms with E-state index in [2.05, 4.69) is 14.9 Å². The molecular formula is C15H22N4OS. The largest absolute Gasteiger partial charge is 0.356 e. The predicted molar refractivity (Wildman–Crippen MR) is 84.5 cm³/mol. The van der Waals surface area contributed by atoms with Crippen molar-refractivity contribution in [2.24, 2.45) is 5.92 Å². The minimum atomic E-state index is 0.319. The summed E-state index contributed by atoms with van der Waals surface area (Å²) in [5.41, 5.74) is 0. The summed E-state index contributed by atoms with van der Waals surface area (Å²) < 4.78 is 0. The molecule has 1 amide bonds. The van der Waals surface area contributed by atoms with E-state index in [4.69, 9.17) is 0 Å². The molecule has 1 saturated heterocycles. The molecule has 5 nitrogen and oxygen atoms in total. The van der Waals surface area contributed by atoms with Crippen molar-refractivity contribution < 1.29 is 4.79 Å².